The van der Waals surface area contributed by atoms with Crippen molar-refractivity contribution in [2.75, 3.05) is 12.8 Å². The lowest BCUT2D eigenvalue weighted by Crippen LogP contribution is -2.26. The molecule has 1 aromatic heterocycles. The monoisotopic (exact) mass is 303 g/mol. The van der Waals surface area contributed by atoms with E-state index in [-0.39, 0.29) is 5.91 Å². The van der Waals surface area contributed by atoms with Crippen molar-refractivity contribution in [3.8, 4) is 0 Å². The number of nitrogen functional groups attached to an aromatic ring is 1. The normalized spacial score (nSPS) is 10.4. The average molecular weight is 304 g/mol. The Bertz CT molecular complexity index is 658. The number of aryl methyl sites for hydroxylation is 1. The van der Waals surface area contributed by atoms with Gasteiger partial charge in [0.1, 0.15) is 5.82 Å². The Labute approximate surface area is 129 Å². The van der Waals surface area contributed by atoms with Gasteiger partial charge >= 0.3 is 0 Å². The summed E-state index contributed by atoms with van der Waals surface area (Å²) < 4.78 is 0. The van der Waals surface area contributed by atoms with Gasteiger partial charge in [-0.1, -0.05) is 30.7 Å². The number of carbonyl (C=O) groups is 1. The molecule has 2 rings (SSSR count). The molecule has 1 amide bonds. The predicted molar refractivity (Wildman–Crippen MR) is 85.3 cm³/mol. The van der Waals surface area contributed by atoms with Crippen LogP contribution in [-0.2, 0) is 13.0 Å². The van der Waals surface area contributed by atoms with E-state index in [1.54, 1.807) is 24.1 Å². The average Bonchev–Trinajstić information content (AvgIpc) is 2.45. The van der Waals surface area contributed by atoms with Crippen LogP contribution in [0.4, 0.5) is 5.82 Å². The van der Waals surface area contributed by atoms with Crippen LogP contribution in [0.3, 0.4) is 0 Å². The van der Waals surface area contributed by atoms with E-state index < -0.39 is 0 Å². The van der Waals surface area contributed by atoms with Crippen LogP contribution in [0, 0.1) is 0 Å². The van der Waals surface area contributed by atoms with E-state index in [0.717, 1.165) is 17.7 Å². The molecule has 0 bridgehead atoms. The highest BCUT2D eigenvalue weighted by Gasteiger charge is 2.14. The molecule has 110 valence electrons. The summed E-state index contributed by atoms with van der Waals surface area (Å²) in [6.45, 7) is 2.47. The number of pyridine rings is 1. The predicted octanol–water partition coefficient (Wildman–Crippen LogP) is 3.15. The van der Waals surface area contributed by atoms with Gasteiger partial charge in [0.15, 0.2) is 0 Å². The molecule has 4 nitrogen and oxygen atoms in total. The molecular formula is C16H18ClN3O. The minimum absolute atomic E-state index is 0.0845. The summed E-state index contributed by atoms with van der Waals surface area (Å²) in [5.74, 6) is 0.285. The minimum Gasteiger partial charge on any atom is -0.384 e. The van der Waals surface area contributed by atoms with Crippen molar-refractivity contribution >= 4 is 23.3 Å². The standard InChI is InChI=1S/C16H18ClN3O/c1-3-14-8-12(9-15(18)19-14)16(21)20(2)10-11-5-4-6-13(17)7-11/h4-9H,3,10H2,1-2H3,(H2,18,19). The van der Waals surface area contributed by atoms with Crippen LogP contribution in [0.15, 0.2) is 36.4 Å². The number of anilines is 1. The second-order valence-electron chi connectivity index (χ2n) is 4.92. The first-order valence-corrected chi connectivity index (χ1v) is 7.13. The Hall–Kier alpha value is -2.07. The van der Waals surface area contributed by atoms with Gasteiger partial charge in [-0.3, -0.25) is 4.79 Å². The quantitative estimate of drug-likeness (QED) is 0.944. The summed E-state index contributed by atoms with van der Waals surface area (Å²) in [5, 5.41) is 0.662. The molecule has 0 aliphatic heterocycles. The van der Waals surface area contributed by atoms with Crippen LogP contribution < -0.4 is 5.73 Å². The molecule has 0 saturated heterocycles. The summed E-state index contributed by atoms with van der Waals surface area (Å²) in [6, 6.07) is 10.9. The highest BCUT2D eigenvalue weighted by atomic mass is 35.5. The van der Waals surface area contributed by atoms with Crippen molar-refractivity contribution in [1.82, 2.24) is 9.88 Å². The fourth-order valence-corrected chi connectivity index (χ4v) is 2.33. The van der Waals surface area contributed by atoms with Gasteiger partial charge in [0.05, 0.1) is 0 Å². The zero-order valence-electron chi connectivity index (χ0n) is 12.1. The zero-order valence-corrected chi connectivity index (χ0v) is 12.9. The van der Waals surface area contributed by atoms with E-state index in [4.69, 9.17) is 17.3 Å². The van der Waals surface area contributed by atoms with Crippen molar-refractivity contribution in [2.45, 2.75) is 19.9 Å². The van der Waals surface area contributed by atoms with Crippen molar-refractivity contribution in [1.29, 1.82) is 0 Å². The Kier molecular flexibility index (Phi) is 4.81. The van der Waals surface area contributed by atoms with Gasteiger partial charge in [-0.25, -0.2) is 4.98 Å². The third kappa shape index (κ3) is 3.95. The van der Waals surface area contributed by atoms with Gasteiger partial charge in [0, 0.05) is 29.9 Å². The number of halogens is 1. The number of benzene rings is 1. The molecule has 5 heteroatoms. The number of rotatable bonds is 4. The molecule has 0 fully saturated rings. The van der Waals surface area contributed by atoms with Crippen molar-refractivity contribution in [2.24, 2.45) is 0 Å². The SMILES string of the molecule is CCc1cc(C(=O)N(C)Cc2cccc(Cl)c2)cc(N)n1. The Morgan fingerprint density at radius 2 is 2.10 bits per heavy atom. The maximum absolute atomic E-state index is 12.5. The number of nitrogens with zero attached hydrogens (tertiary/aromatic N) is 2. The van der Waals surface area contributed by atoms with Gasteiger partial charge in [0.25, 0.3) is 5.91 Å². The first-order chi connectivity index (χ1) is 9.99. The molecular weight excluding hydrogens is 286 g/mol. The van der Waals surface area contributed by atoms with E-state index in [9.17, 15) is 4.79 Å². The van der Waals surface area contributed by atoms with Gasteiger partial charge in [-0.05, 0) is 36.2 Å². The molecule has 2 aromatic rings. The second kappa shape index (κ2) is 6.59. The smallest absolute Gasteiger partial charge is 0.254 e. The highest BCUT2D eigenvalue weighted by Crippen LogP contribution is 2.15. The van der Waals surface area contributed by atoms with E-state index in [1.807, 2.05) is 31.2 Å². The van der Waals surface area contributed by atoms with Crippen molar-refractivity contribution in [3.63, 3.8) is 0 Å². The number of hydrogen-bond acceptors (Lipinski definition) is 3. The number of hydrogen-bond donors (Lipinski definition) is 1. The number of nitrogens with two attached hydrogens (primary N) is 1. The highest BCUT2D eigenvalue weighted by molar-refractivity contribution is 6.30. The third-order valence-electron chi connectivity index (χ3n) is 3.16. The summed E-state index contributed by atoms with van der Waals surface area (Å²) in [7, 11) is 1.76. The van der Waals surface area contributed by atoms with Gasteiger partial charge in [0.2, 0.25) is 0 Å². The van der Waals surface area contributed by atoms with Crippen LogP contribution >= 0.6 is 11.6 Å². The molecule has 1 heterocycles. The Morgan fingerprint density at radius 3 is 2.76 bits per heavy atom. The van der Waals surface area contributed by atoms with E-state index >= 15 is 0 Å². The summed E-state index contributed by atoms with van der Waals surface area (Å²) in [6.07, 6.45) is 0.739. The van der Waals surface area contributed by atoms with Gasteiger partial charge in [-0.15, -0.1) is 0 Å². The van der Waals surface area contributed by atoms with Crippen LogP contribution in [-0.4, -0.2) is 22.8 Å². The second-order valence-corrected chi connectivity index (χ2v) is 5.35. The largest absolute Gasteiger partial charge is 0.384 e. The molecule has 0 aliphatic carbocycles. The molecule has 2 N–H and O–H groups in total. The molecule has 0 atom stereocenters. The van der Waals surface area contributed by atoms with E-state index in [1.165, 1.54) is 0 Å². The first kappa shape index (κ1) is 15.3. The van der Waals surface area contributed by atoms with Crippen molar-refractivity contribution < 1.29 is 4.79 Å². The maximum atomic E-state index is 12.5. The molecule has 1 aromatic carbocycles. The topological polar surface area (TPSA) is 59.2 Å². The molecule has 0 spiro atoms. The zero-order chi connectivity index (χ0) is 15.4. The maximum Gasteiger partial charge on any atom is 0.254 e. The number of aromatic nitrogens is 1. The van der Waals surface area contributed by atoms with Crippen molar-refractivity contribution in [3.05, 3.63) is 58.2 Å². The lowest BCUT2D eigenvalue weighted by molar-refractivity contribution is 0.0785. The molecule has 21 heavy (non-hydrogen) atoms. The lowest BCUT2D eigenvalue weighted by Gasteiger charge is -2.18. The summed E-state index contributed by atoms with van der Waals surface area (Å²) in [5.41, 5.74) is 8.10. The molecule has 0 unspecified atom stereocenters. The molecule has 0 radical (unpaired) electrons. The lowest BCUT2D eigenvalue weighted by atomic mass is 10.1. The number of amides is 1. The van der Waals surface area contributed by atoms with Crippen LogP contribution in [0.25, 0.3) is 0 Å². The van der Waals surface area contributed by atoms with Gasteiger partial charge in [-0.2, -0.15) is 0 Å². The Morgan fingerprint density at radius 1 is 1.33 bits per heavy atom. The Balaban J connectivity index is 2.17. The van der Waals surface area contributed by atoms with Crippen LogP contribution in [0.2, 0.25) is 5.02 Å². The van der Waals surface area contributed by atoms with Gasteiger partial charge < -0.3 is 10.6 Å². The summed E-state index contributed by atoms with van der Waals surface area (Å²) >= 11 is 5.96. The minimum atomic E-state index is -0.0845. The first-order valence-electron chi connectivity index (χ1n) is 6.76. The fourth-order valence-electron chi connectivity index (χ4n) is 2.12. The van der Waals surface area contributed by atoms with E-state index in [2.05, 4.69) is 4.98 Å². The van der Waals surface area contributed by atoms with Crippen LogP contribution in [0.1, 0.15) is 28.5 Å². The number of carbonyl (C=O) groups excluding carboxylic acids is 1. The third-order valence-corrected chi connectivity index (χ3v) is 3.40. The van der Waals surface area contributed by atoms with E-state index in [0.29, 0.717) is 22.9 Å². The molecule has 0 saturated carbocycles. The summed E-state index contributed by atoms with van der Waals surface area (Å²) in [4.78, 5) is 18.3. The fraction of sp³-hybridized carbons (Fsp3) is 0.250. The van der Waals surface area contributed by atoms with Crippen LogP contribution in [0.5, 0.6) is 0 Å². The molecule has 0 aliphatic rings.